The van der Waals surface area contributed by atoms with Gasteiger partial charge in [0, 0.05) is 26.1 Å². The van der Waals surface area contributed by atoms with Gasteiger partial charge in [0.2, 0.25) is 11.8 Å². The first-order chi connectivity index (χ1) is 15.1. The lowest BCUT2D eigenvalue weighted by molar-refractivity contribution is -0.137. The molecule has 172 valence electrons. The molecule has 3 rings (SSSR count). The van der Waals surface area contributed by atoms with Crippen molar-refractivity contribution in [2.24, 2.45) is 5.92 Å². The Labute approximate surface area is 184 Å². The quantitative estimate of drug-likeness (QED) is 0.604. The van der Waals surface area contributed by atoms with Crippen LogP contribution in [-0.4, -0.2) is 44.0 Å². The number of nitrogens with zero attached hydrogens (tertiary/aromatic N) is 1. The van der Waals surface area contributed by atoms with E-state index in [2.05, 4.69) is 5.32 Å². The zero-order valence-electron chi connectivity index (χ0n) is 17.1. The van der Waals surface area contributed by atoms with Crippen LogP contribution in [0.15, 0.2) is 59.5 Å². The summed E-state index contributed by atoms with van der Waals surface area (Å²) in [7, 11) is -3.44. The fraction of sp³-hybridized carbons (Fsp3) is 0.364. The van der Waals surface area contributed by atoms with Crippen LogP contribution in [0.4, 0.5) is 13.2 Å². The third kappa shape index (κ3) is 6.09. The van der Waals surface area contributed by atoms with Gasteiger partial charge in [-0.25, -0.2) is 8.42 Å². The molecule has 1 unspecified atom stereocenters. The fourth-order valence-corrected chi connectivity index (χ4v) is 4.86. The standard InChI is InChI=1S/C22H23F3N2O4S/c23-22(24,25)18-7-4-6-16(12-18)14-27-15-17(13-20(27)28)21(29)26-10-5-11-32(30,31)19-8-2-1-3-9-19/h1-4,6-9,12,17H,5,10-11,13-15H2,(H,26,29). The molecule has 0 aliphatic carbocycles. The third-order valence-electron chi connectivity index (χ3n) is 5.20. The van der Waals surface area contributed by atoms with Crippen LogP contribution < -0.4 is 5.32 Å². The molecule has 1 heterocycles. The maximum atomic E-state index is 12.9. The first-order valence-corrected chi connectivity index (χ1v) is 11.7. The highest BCUT2D eigenvalue weighted by Crippen LogP contribution is 2.30. The summed E-state index contributed by atoms with van der Waals surface area (Å²) in [4.78, 5) is 26.2. The molecule has 0 spiro atoms. The maximum absolute atomic E-state index is 12.9. The van der Waals surface area contributed by atoms with Crippen LogP contribution in [0.1, 0.15) is 24.0 Å². The SMILES string of the molecule is O=C(NCCCS(=O)(=O)c1ccccc1)C1CC(=O)N(Cc2cccc(C(F)(F)F)c2)C1. The van der Waals surface area contributed by atoms with Crippen LogP contribution in [0.25, 0.3) is 0 Å². The number of halogens is 3. The second-order valence-corrected chi connectivity index (χ2v) is 9.76. The lowest BCUT2D eigenvalue weighted by Gasteiger charge is -2.17. The van der Waals surface area contributed by atoms with E-state index in [1.807, 2.05) is 0 Å². The zero-order valence-corrected chi connectivity index (χ0v) is 18.0. The Bertz CT molecular complexity index is 1070. The molecule has 0 aromatic heterocycles. The maximum Gasteiger partial charge on any atom is 0.416 e. The molecule has 0 bridgehead atoms. The molecule has 2 aromatic rings. The van der Waals surface area contributed by atoms with E-state index in [1.165, 1.54) is 29.2 Å². The van der Waals surface area contributed by atoms with E-state index < -0.39 is 27.5 Å². The van der Waals surface area contributed by atoms with Gasteiger partial charge in [0.1, 0.15) is 0 Å². The summed E-state index contributed by atoms with van der Waals surface area (Å²) < 4.78 is 63.1. The summed E-state index contributed by atoms with van der Waals surface area (Å²) in [5.74, 6) is -1.43. The summed E-state index contributed by atoms with van der Waals surface area (Å²) in [5.41, 5.74) is -0.457. The van der Waals surface area contributed by atoms with Crippen LogP contribution in [0.2, 0.25) is 0 Å². The van der Waals surface area contributed by atoms with E-state index in [0.717, 1.165) is 12.1 Å². The summed E-state index contributed by atoms with van der Waals surface area (Å²) >= 11 is 0. The number of amides is 2. The Morgan fingerprint density at radius 2 is 1.81 bits per heavy atom. The number of carbonyl (C=O) groups excluding carboxylic acids is 2. The summed E-state index contributed by atoms with van der Waals surface area (Å²) in [6.07, 6.45) is -4.29. The van der Waals surface area contributed by atoms with Gasteiger partial charge in [-0.15, -0.1) is 0 Å². The molecule has 10 heteroatoms. The molecule has 1 atom stereocenters. The number of hydrogen-bond acceptors (Lipinski definition) is 4. The van der Waals surface area contributed by atoms with Gasteiger partial charge in [-0.1, -0.05) is 30.3 Å². The largest absolute Gasteiger partial charge is 0.416 e. The number of carbonyl (C=O) groups is 2. The lowest BCUT2D eigenvalue weighted by Crippen LogP contribution is -2.34. The monoisotopic (exact) mass is 468 g/mol. The van der Waals surface area contributed by atoms with Gasteiger partial charge in [0.05, 0.1) is 22.1 Å². The topological polar surface area (TPSA) is 83.5 Å². The van der Waals surface area contributed by atoms with Gasteiger partial charge in [0.15, 0.2) is 9.84 Å². The smallest absolute Gasteiger partial charge is 0.356 e. The third-order valence-corrected chi connectivity index (χ3v) is 7.02. The number of benzene rings is 2. The van der Waals surface area contributed by atoms with Crippen molar-refractivity contribution in [1.29, 1.82) is 0 Å². The van der Waals surface area contributed by atoms with Crippen molar-refractivity contribution in [3.8, 4) is 0 Å². The van der Waals surface area contributed by atoms with Crippen molar-refractivity contribution in [3.63, 3.8) is 0 Å². The van der Waals surface area contributed by atoms with Crippen LogP contribution in [0.3, 0.4) is 0 Å². The van der Waals surface area contributed by atoms with Gasteiger partial charge < -0.3 is 10.2 Å². The van der Waals surface area contributed by atoms with Crippen LogP contribution >= 0.6 is 0 Å². The minimum atomic E-state index is -4.47. The fourth-order valence-electron chi connectivity index (χ4n) is 3.53. The van der Waals surface area contributed by atoms with Crippen LogP contribution in [0.5, 0.6) is 0 Å². The van der Waals surface area contributed by atoms with E-state index >= 15 is 0 Å². The van der Waals surface area contributed by atoms with Crippen molar-refractivity contribution in [3.05, 3.63) is 65.7 Å². The molecule has 2 aromatic carbocycles. The normalized spacial score (nSPS) is 16.9. The summed E-state index contributed by atoms with van der Waals surface area (Å²) in [6.45, 7) is 0.230. The van der Waals surface area contributed by atoms with Crippen molar-refractivity contribution >= 4 is 21.7 Å². The zero-order chi connectivity index (χ0) is 23.4. The number of rotatable bonds is 8. The van der Waals surface area contributed by atoms with Crippen molar-refractivity contribution in [2.75, 3.05) is 18.8 Å². The summed E-state index contributed by atoms with van der Waals surface area (Å²) in [5, 5.41) is 2.65. The lowest BCUT2D eigenvalue weighted by atomic mass is 10.1. The van der Waals surface area contributed by atoms with Gasteiger partial charge in [-0.2, -0.15) is 13.2 Å². The highest BCUT2D eigenvalue weighted by Gasteiger charge is 2.35. The molecular weight excluding hydrogens is 445 g/mol. The van der Waals surface area contributed by atoms with Gasteiger partial charge in [0.25, 0.3) is 0 Å². The number of nitrogens with one attached hydrogen (secondary N) is 1. The molecule has 1 aliphatic heterocycles. The van der Waals surface area contributed by atoms with Crippen molar-refractivity contribution in [2.45, 2.75) is 30.5 Å². The molecule has 0 saturated carbocycles. The number of likely N-dealkylation sites (tertiary alicyclic amines) is 1. The van der Waals surface area contributed by atoms with E-state index in [4.69, 9.17) is 0 Å². The average Bonchev–Trinajstić information content (AvgIpc) is 3.11. The van der Waals surface area contributed by atoms with Crippen LogP contribution in [-0.2, 0) is 32.1 Å². The molecule has 1 fully saturated rings. The second-order valence-electron chi connectivity index (χ2n) is 7.65. The van der Waals surface area contributed by atoms with Crippen molar-refractivity contribution in [1.82, 2.24) is 10.2 Å². The van der Waals surface area contributed by atoms with Crippen LogP contribution in [0, 0.1) is 5.92 Å². The van der Waals surface area contributed by atoms with Gasteiger partial charge in [-0.3, -0.25) is 9.59 Å². The Morgan fingerprint density at radius 3 is 2.50 bits per heavy atom. The van der Waals surface area contributed by atoms with E-state index in [0.29, 0.717) is 5.56 Å². The number of sulfone groups is 1. The Balaban J connectivity index is 1.48. The Morgan fingerprint density at radius 1 is 1.09 bits per heavy atom. The highest BCUT2D eigenvalue weighted by atomic mass is 32.2. The molecular formula is C22H23F3N2O4S. The predicted octanol–water partition coefficient (Wildman–Crippen LogP) is 3.03. The second kappa shape index (κ2) is 9.72. The number of hydrogen-bond donors (Lipinski definition) is 1. The van der Waals surface area contributed by atoms with Gasteiger partial charge in [-0.05, 0) is 36.2 Å². The predicted molar refractivity (Wildman–Crippen MR) is 111 cm³/mol. The van der Waals surface area contributed by atoms with Gasteiger partial charge >= 0.3 is 6.18 Å². The average molecular weight is 468 g/mol. The molecule has 1 N–H and O–H groups in total. The van der Waals surface area contributed by atoms with Crippen molar-refractivity contribution < 1.29 is 31.2 Å². The van der Waals surface area contributed by atoms with E-state index in [-0.39, 0.29) is 54.9 Å². The first kappa shape index (κ1) is 23.8. The molecule has 32 heavy (non-hydrogen) atoms. The first-order valence-electron chi connectivity index (χ1n) is 10.1. The van der Waals surface area contributed by atoms with E-state index in [1.54, 1.807) is 18.2 Å². The molecule has 1 aliphatic rings. The molecule has 1 saturated heterocycles. The Kier molecular flexibility index (Phi) is 7.22. The molecule has 6 nitrogen and oxygen atoms in total. The molecule has 0 radical (unpaired) electrons. The highest BCUT2D eigenvalue weighted by molar-refractivity contribution is 7.91. The minimum Gasteiger partial charge on any atom is -0.356 e. The van der Waals surface area contributed by atoms with E-state index in [9.17, 15) is 31.2 Å². The molecule has 2 amide bonds. The summed E-state index contributed by atoms with van der Waals surface area (Å²) in [6, 6.07) is 12.8. The Hall–Kier alpha value is -2.88. The minimum absolute atomic E-state index is 0.0121. The number of alkyl halides is 3.